The van der Waals surface area contributed by atoms with E-state index in [0.29, 0.717) is 28.9 Å². The summed E-state index contributed by atoms with van der Waals surface area (Å²) in [6, 6.07) is 6.76. The molecule has 2 aliphatic rings. The number of halogens is 2. The number of fused-ring (bicyclic) bond motifs is 1. The maximum atomic E-state index is 14.4. The van der Waals surface area contributed by atoms with E-state index in [4.69, 9.17) is 4.74 Å². The lowest BCUT2D eigenvalue weighted by Gasteiger charge is -2.13. The molecule has 1 saturated carbocycles. The van der Waals surface area contributed by atoms with Crippen molar-refractivity contribution in [2.24, 2.45) is 0 Å². The summed E-state index contributed by atoms with van der Waals surface area (Å²) >= 11 is 2.10. The van der Waals surface area contributed by atoms with Crippen LogP contribution in [0.15, 0.2) is 36.0 Å². The first-order chi connectivity index (χ1) is 17.8. The Morgan fingerprint density at radius 1 is 1.27 bits per heavy atom. The van der Waals surface area contributed by atoms with Crippen LogP contribution in [-0.2, 0) is 19.1 Å². The Balaban J connectivity index is 1.46. The average Bonchev–Trinajstić information content (AvgIpc) is 3.52. The van der Waals surface area contributed by atoms with E-state index in [1.807, 2.05) is 0 Å². The second-order valence-electron chi connectivity index (χ2n) is 8.46. The number of ether oxygens (including phenoxy) is 2. The van der Waals surface area contributed by atoms with Gasteiger partial charge in [-0.2, -0.15) is 9.61 Å². The zero-order valence-electron chi connectivity index (χ0n) is 19.7. The third-order valence-corrected chi connectivity index (χ3v) is 6.36. The largest absolute Gasteiger partial charge is 0.510 e. The molecule has 0 unspecified atom stereocenters. The molecule has 192 valence electrons. The van der Waals surface area contributed by atoms with Crippen LogP contribution < -0.4 is 10.6 Å². The van der Waals surface area contributed by atoms with Crippen LogP contribution in [0.25, 0.3) is 11.7 Å². The SMILES string of the molecule is CCOC(=O)OCN1C(=O)C/C(=C\c2cnn3c(NC4CC4)cc(Nc4cc(I)ccc4F)nc23)C1=O. The van der Waals surface area contributed by atoms with Gasteiger partial charge in [-0.3, -0.25) is 9.59 Å². The van der Waals surface area contributed by atoms with Crippen LogP contribution in [0.3, 0.4) is 0 Å². The first kappa shape index (κ1) is 24.9. The summed E-state index contributed by atoms with van der Waals surface area (Å²) in [4.78, 5) is 42.1. The monoisotopic (exact) mass is 620 g/mol. The van der Waals surface area contributed by atoms with E-state index in [1.54, 1.807) is 35.8 Å². The van der Waals surface area contributed by atoms with Gasteiger partial charge in [-0.25, -0.2) is 19.1 Å². The summed E-state index contributed by atoms with van der Waals surface area (Å²) in [5, 5.41) is 10.8. The standard InChI is InChI=1S/C24H22FIN6O5/c1-2-36-24(35)37-12-31-21(33)8-13(23(31)34)7-14-11-27-32-20(28-16-4-5-16)10-19(30-22(14)32)29-18-9-15(26)3-6-17(18)25/h3,6-7,9-11,16,28H,2,4-5,8,12H2,1H3,(H,29,30)/b13-7+. The summed E-state index contributed by atoms with van der Waals surface area (Å²) in [6.45, 7) is 1.19. The second kappa shape index (κ2) is 10.3. The number of aromatic nitrogens is 3. The lowest BCUT2D eigenvalue weighted by atomic mass is 10.1. The Morgan fingerprint density at radius 2 is 2.08 bits per heavy atom. The molecule has 2 N–H and O–H groups in total. The molecule has 1 aliphatic carbocycles. The van der Waals surface area contributed by atoms with E-state index in [9.17, 15) is 18.8 Å². The molecule has 0 bridgehead atoms. The third kappa shape index (κ3) is 5.50. The van der Waals surface area contributed by atoms with E-state index in [0.717, 1.165) is 21.3 Å². The number of carbonyl (C=O) groups excluding carboxylic acids is 3. The number of amides is 2. The van der Waals surface area contributed by atoms with Gasteiger partial charge in [0, 0.05) is 26.8 Å². The Hall–Kier alpha value is -3.75. The molecule has 1 aromatic carbocycles. The Morgan fingerprint density at radius 3 is 2.84 bits per heavy atom. The highest BCUT2D eigenvalue weighted by Gasteiger charge is 2.35. The van der Waals surface area contributed by atoms with Crippen molar-refractivity contribution in [1.82, 2.24) is 19.5 Å². The molecule has 1 aliphatic heterocycles. The van der Waals surface area contributed by atoms with Crippen LogP contribution in [0.4, 0.5) is 26.5 Å². The van der Waals surface area contributed by atoms with Crippen molar-refractivity contribution in [3.63, 3.8) is 0 Å². The maximum absolute atomic E-state index is 14.4. The molecular formula is C24H22FIN6O5. The molecule has 0 atom stereocenters. The molecule has 5 rings (SSSR count). The number of likely N-dealkylation sites (tertiary alicyclic amines) is 1. The smallest absolute Gasteiger partial charge is 0.435 e. The molecule has 13 heteroatoms. The molecule has 0 radical (unpaired) electrons. The molecule has 1 saturated heterocycles. The number of hydrogen-bond acceptors (Lipinski definition) is 9. The number of nitrogens with zero attached hydrogens (tertiary/aromatic N) is 4. The van der Waals surface area contributed by atoms with Crippen molar-refractivity contribution < 1.29 is 28.2 Å². The van der Waals surface area contributed by atoms with Crippen LogP contribution in [0, 0.1) is 9.39 Å². The Bertz CT molecular complexity index is 1440. The normalized spacial score (nSPS) is 16.5. The second-order valence-corrected chi connectivity index (χ2v) is 9.71. The highest BCUT2D eigenvalue weighted by atomic mass is 127. The molecule has 3 heterocycles. The number of benzene rings is 1. The van der Waals surface area contributed by atoms with Crippen LogP contribution in [0.5, 0.6) is 0 Å². The predicted octanol–water partition coefficient (Wildman–Crippen LogP) is 4.06. The van der Waals surface area contributed by atoms with Gasteiger partial charge in [0.2, 0.25) is 5.91 Å². The van der Waals surface area contributed by atoms with E-state index in [2.05, 4.69) is 48.0 Å². The lowest BCUT2D eigenvalue weighted by molar-refractivity contribution is -0.142. The van der Waals surface area contributed by atoms with Gasteiger partial charge >= 0.3 is 6.16 Å². The van der Waals surface area contributed by atoms with Crippen molar-refractivity contribution >= 4 is 69.6 Å². The Kier molecular flexibility index (Phi) is 6.95. The molecule has 11 nitrogen and oxygen atoms in total. The molecule has 3 aromatic rings. The summed E-state index contributed by atoms with van der Waals surface area (Å²) in [5.41, 5.74) is 1.38. The van der Waals surface area contributed by atoms with Crippen LogP contribution in [0.1, 0.15) is 31.7 Å². The van der Waals surface area contributed by atoms with Crippen LogP contribution in [0.2, 0.25) is 0 Å². The molecular weight excluding hydrogens is 598 g/mol. The Labute approximate surface area is 224 Å². The number of carbonyl (C=O) groups is 3. The van der Waals surface area contributed by atoms with Gasteiger partial charge in [-0.1, -0.05) is 0 Å². The van der Waals surface area contributed by atoms with Crippen LogP contribution in [-0.4, -0.2) is 56.8 Å². The maximum Gasteiger partial charge on any atom is 0.510 e. The fourth-order valence-corrected chi connectivity index (χ4v) is 4.24. The number of imide groups is 1. The van der Waals surface area contributed by atoms with Crippen molar-refractivity contribution in [1.29, 1.82) is 0 Å². The first-order valence-corrected chi connectivity index (χ1v) is 12.6. The summed E-state index contributed by atoms with van der Waals surface area (Å²) in [5.74, 6) is -0.466. The van der Waals surface area contributed by atoms with Gasteiger partial charge in [0.1, 0.15) is 17.5 Å². The van der Waals surface area contributed by atoms with E-state index >= 15 is 0 Å². The van der Waals surface area contributed by atoms with Crippen molar-refractivity contribution in [3.05, 3.63) is 51.0 Å². The van der Waals surface area contributed by atoms with Crippen molar-refractivity contribution in [3.8, 4) is 0 Å². The number of nitrogens with one attached hydrogen (secondary N) is 2. The van der Waals surface area contributed by atoms with Gasteiger partial charge in [0.05, 0.1) is 24.9 Å². The molecule has 2 amide bonds. The molecule has 0 spiro atoms. The van der Waals surface area contributed by atoms with Gasteiger partial charge in [-0.05, 0) is 66.6 Å². The minimum atomic E-state index is -0.965. The van der Waals surface area contributed by atoms with Crippen molar-refractivity contribution in [2.75, 3.05) is 24.0 Å². The fourth-order valence-electron chi connectivity index (χ4n) is 3.75. The highest BCUT2D eigenvalue weighted by molar-refractivity contribution is 14.1. The zero-order valence-corrected chi connectivity index (χ0v) is 21.8. The van der Waals surface area contributed by atoms with Gasteiger partial charge in [-0.15, -0.1) is 0 Å². The topological polar surface area (TPSA) is 127 Å². The number of hydrogen-bond donors (Lipinski definition) is 2. The molecule has 37 heavy (non-hydrogen) atoms. The minimum Gasteiger partial charge on any atom is -0.435 e. The van der Waals surface area contributed by atoms with Gasteiger partial charge < -0.3 is 20.1 Å². The van der Waals surface area contributed by atoms with Gasteiger partial charge in [0.15, 0.2) is 12.4 Å². The average molecular weight is 620 g/mol. The summed E-state index contributed by atoms with van der Waals surface area (Å²) in [7, 11) is 0. The first-order valence-electron chi connectivity index (χ1n) is 11.5. The molecule has 2 aromatic heterocycles. The van der Waals surface area contributed by atoms with Crippen LogP contribution >= 0.6 is 22.6 Å². The van der Waals surface area contributed by atoms with E-state index in [-0.39, 0.29) is 24.3 Å². The highest BCUT2D eigenvalue weighted by Crippen LogP contribution is 2.30. The zero-order chi connectivity index (χ0) is 26.1. The quantitative estimate of drug-likeness (QED) is 0.166. The fraction of sp³-hybridized carbons (Fsp3) is 0.292. The van der Waals surface area contributed by atoms with E-state index < -0.39 is 30.5 Å². The number of rotatable bonds is 8. The summed E-state index contributed by atoms with van der Waals surface area (Å²) < 4.78 is 26.4. The lowest BCUT2D eigenvalue weighted by Crippen LogP contribution is -2.33. The summed E-state index contributed by atoms with van der Waals surface area (Å²) in [6.07, 6.45) is 4.00. The van der Waals surface area contributed by atoms with Crippen molar-refractivity contribution in [2.45, 2.75) is 32.2 Å². The molecule has 2 fully saturated rings. The van der Waals surface area contributed by atoms with E-state index in [1.165, 1.54) is 12.1 Å². The third-order valence-electron chi connectivity index (χ3n) is 5.69. The van der Waals surface area contributed by atoms with Gasteiger partial charge in [0.25, 0.3) is 5.91 Å². The predicted molar refractivity (Wildman–Crippen MR) is 139 cm³/mol. The minimum absolute atomic E-state index is 0.109. The number of anilines is 3.